The molecule has 1 atom stereocenters. The van der Waals surface area contributed by atoms with Crippen LogP contribution in [0.3, 0.4) is 0 Å². The molecule has 0 amide bonds. The summed E-state index contributed by atoms with van der Waals surface area (Å²) < 4.78 is 5.37. The Bertz CT molecular complexity index is 216. The molecule has 1 fully saturated rings. The molecule has 1 aliphatic carbocycles. The van der Waals surface area contributed by atoms with Crippen molar-refractivity contribution in [2.45, 2.75) is 65.0 Å². The van der Waals surface area contributed by atoms with Gasteiger partial charge in [-0.25, -0.2) is 0 Å². The highest BCUT2D eigenvalue weighted by Crippen LogP contribution is 2.36. The monoisotopic (exact) mass is 213 g/mol. The summed E-state index contributed by atoms with van der Waals surface area (Å²) in [6, 6.07) is -0.445. The first-order chi connectivity index (χ1) is 6.94. The molecule has 0 saturated heterocycles. The number of carbonyl (C=O) groups is 1. The fourth-order valence-corrected chi connectivity index (χ4v) is 1.91. The molecule has 0 heterocycles. The van der Waals surface area contributed by atoms with Crippen molar-refractivity contribution < 1.29 is 9.53 Å². The van der Waals surface area contributed by atoms with Gasteiger partial charge in [0, 0.05) is 0 Å². The second-order valence-electron chi connectivity index (χ2n) is 5.32. The van der Waals surface area contributed by atoms with Crippen molar-refractivity contribution in [3.63, 3.8) is 0 Å². The number of carbonyl (C=O) groups excluding carboxylic acids is 1. The topological polar surface area (TPSA) is 52.3 Å². The molecular weight excluding hydrogens is 190 g/mol. The molecule has 1 rings (SSSR count). The van der Waals surface area contributed by atoms with Crippen LogP contribution in [0.2, 0.25) is 0 Å². The van der Waals surface area contributed by atoms with Crippen molar-refractivity contribution >= 4 is 5.97 Å². The molecule has 2 N–H and O–H groups in total. The smallest absolute Gasteiger partial charge is 0.323 e. The predicted octanol–water partition coefficient (Wildman–Crippen LogP) is 2.24. The van der Waals surface area contributed by atoms with Crippen molar-refractivity contribution in [3.05, 3.63) is 0 Å². The van der Waals surface area contributed by atoms with E-state index < -0.39 is 6.04 Å². The van der Waals surface area contributed by atoms with Gasteiger partial charge in [0.1, 0.15) is 12.1 Å². The van der Waals surface area contributed by atoms with E-state index in [0.29, 0.717) is 11.8 Å². The lowest BCUT2D eigenvalue weighted by atomic mass is 9.76. The third-order valence-corrected chi connectivity index (χ3v) is 3.31. The normalized spacial score (nSPS) is 23.5. The van der Waals surface area contributed by atoms with E-state index in [1.54, 1.807) is 0 Å². The minimum atomic E-state index is -0.445. The summed E-state index contributed by atoms with van der Waals surface area (Å²) in [5.74, 6) is -0.234. The Morgan fingerprint density at radius 3 is 2.47 bits per heavy atom. The largest absolute Gasteiger partial charge is 0.461 e. The standard InChI is InChI=1S/C12H23NO2/c1-4-10(13)11(14)15-9-5-7-12(2,3)8-6-9/h9-10H,4-8,13H2,1-3H3/t10-/m0/s1. The minimum absolute atomic E-state index is 0.100. The van der Waals surface area contributed by atoms with Gasteiger partial charge in [-0.3, -0.25) is 4.79 Å². The highest BCUT2D eigenvalue weighted by atomic mass is 16.5. The lowest BCUT2D eigenvalue weighted by molar-refractivity contribution is -0.153. The molecular formula is C12H23NO2. The molecule has 15 heavy (non-hydrogen) atoms. The number of rotatable bonds is 3. The van der Waals surface area contributed by atoms with Crippen LogP contribution in [0.4, 0.5) is 0 Å². The summed E-state index contributed by atoms with van der Waals surface area (Å²) in [6.07, 6.45) is 4.98. The third kappa shape index (κ3) is 3.82. The highest BCUT2D eigenvalue weighted by molar-refractivity contribution is 5.75. The van der Waals surface area contributed by atoms with E-state index in [1.807, 2.05) is 6.92 Å². The Morgan fingerprint density at radius 1 is 1.47 bits per heavy atom. The Hall–Kier alpha value is -0.570. The van der Waals surface area contributed by atoms with Gasteiger partial charge in [0.25, 0.3) is 0 Å². The molecule has 0 aliphatic heterocycles. The van der Waals surface area contributed by atoms with Crippen LogP contribution in [0.15, 0.2) is 0 Å². The van der Waals surface area contributed by atoms with Crippen molar-refractivity contribution in [2.75, 3.05) is 0 Å². The number of ether oxygens (including phenoxy) is 1. The molecule has 0 aromatic carbocycles. The van der Waals surface area contributed by atoms with Crippen LogP contribution in [0.5, 0.6) is 0 Å². The minimum Gasteiger partial charge on any atom is -0.461 e. The van der Waals surface area contributed by atoms with Crippen molar-refractivity contribution in [1.29, 1.82) is 0 Å². The lowest BCUT2D eigenvalue weighted by Gasteiger charge is -2.34. The van der Waals surface area contributed by atoms with Gasteiger partial charge in [-0.2, -0.15) is 0 Å². The Balaban J connectivity index is 2.33. The average molecular weight is 213 g/mol. The van der Waals surface area contributed by atoms with Crippen LogP contribution in [-0.4, -0.2) is 18.1 Å². The van der Waals surface area contributed by atoms with Gasteiger partial charge >= 0.3 is 5.97 Å². The van der Waals surface area contributed by atoms with Gasteiger partial charge < -0.3 is 10.5 Å². The van der Waals surface area contributed by atoms with E-state index in [0.717, 1.165) is 25.7 Å². The first-order valence-electron chi connectivity index (χ1n) is 5.90. The van der Waals surface area contributed by atoms with Gasteiger partial charge in [-0.1, -0.05) is 20.8 Å². The SMILES string of the molecule is CC[C@H](N)C(=O)OC1CCC(C)(C)CC1. The molecule has 0 bridgehead atoms. The van der Waals surface area contributed by atoms with Crippen molar-refractivity contribution in [2.24, 2.45) is 11.1 Å². The summed E-state index contributed by atoms with van der Waals surface area (Å²) in [7, 11) is 0. The Labute approximate surface area is 92.4 Å². The van der Waals surface area contributed by atoms with E-state index in [-0.39, 0.29) is 12.1 Å². The number of hydrogen-bond acceptors (Lipinski definition) is 3. The molecule has 1 aliphatic rings. The quantitative estimate of drug-likeness (QED) is 0.731. The Morgan fingerprint density at radius 2 is 2.00 bits per heavy atom. The predicted molar refractivity (Wildman–Crippen MR) is 60.4 cm³/mol. The molecule has 3 nitrogen and oxygen atoms in total. The van der Waals surface area contributed by atoms with Crippen LogP contribution < -0.4 is 5.73 Å². The Kier molecular flexibility index (Phi) is 4.14. The number of esters is 1. The van der Waals surface area contributed by atoms with Crippen molar-refractivity contribution in [3.8, 4) is 0 Å². The first kappa shape index (κ1) is 12.5. The molecule has 3 heteroatoms. The fraction of sp³-hybridized carbons (Fsp3) is 0.917. The van der Waals surface area contributed by atoms with Gasteiger partial charge in [-0.15, -0.1) is 0 Å². The van der Waals surface area contributed by atoms with Gasteiger partial charge in [0.15, 0.2) is 0 Å². The van der Waals surface area contributed by atoms with Gasteiger partial charge in [-0.05, 0) is 37.5 Å². The van der Waals surface area contributed by atoms with Gasteiger partial charge in [0.05, 0.1) is 0 Å². The summed E-state index contributed by atoms with van der Waals surface area (Å²) in [6.45, 7) is 6.43. The lowest BCUT2D eigenvalue weighted by Crippen LogP contribution is -2.36. The van der Waals surface area contributed by atoms with Crippen molar-refractivity contribution in [1.82, 2.24) is 0 Å². The molecule has 0 aromatic rings. The maximum absolute atomic E-state index is 11.5. The zero-order valence-electron chi connectivity index (χ0n) is 10.1. The summed E-state index contributed by atoms with van der Waals surface area (Å²) in [5.41, 5.74) is 6.02. The van der Waals surface area contributed by atoms with E-state index >= 15 is 0 Å². The number of hydrogen-bond donors (Lipinski definition) is 1. The van der Waals surface area contributed by atoms with Crippen LogP contribution in [0.25, 0.3) is 0 Å². The molecule has 88 valence electrons. The maximum atomic E-state index is 11.5. The zero-order valence-corrected chi connectivity index (χ0v) is 10.1. The van der Waals surface area contributed by atoms with E-state index in [4.69, 9.17) is 10.5 Å². The van der Waals surface area contributed by atoms with Gasteiger partial charge in [0.2, 0.25) is 0 Å². The summed E-state index contributed by atoms with van der Waals surface area (Å²) in [5, 5.41) is 0. The molecule has 1 saturated carbocycles. The fourth-order valence-electron chi connectivity index (χ4n) is 1.91. The summed E-state index contributed by atoms with van der Waals surface area (Å²) in [4.78, 5) is 11.5. The first-order valence-corrected chi connectivity index (χ1v) is 5.90. The second kappa shape index (κ2) is 4.97. The zero-order chi connectivity index (χ0) is 11.5. The van der Waals surface area contributed by atoms with E-state index in [2.05, 4.69) is 13.8 Å². The average Bonchev–Trinajstić information content (AvgIpc) is 2.20. The van der Waals surface area contributed by atoms with E-state index in [9.17, 15) is 4.79 Å². The molecule has 0 aromatic heterocycles. The molecule has 0 unspecified atom stereocenters. The maximum Gasteiger partial charge on any atom is 0.323 e. The highest BCUT2D eigenvalue weighted by Gasteiger charge is 2.29. The third-order valence-electron chi connectivity index (χ3n) is 3.31. The van der Waals surface area contributed by atoms with E-state index in [1.165, 1.54) is 0 Å². The number of nitrogens with two attached hydrogens (primary N) is 1. The van der Waals surface area contributed by atoms with Crippen LogP contribution in [-0.2, 0) is 9.53 Å². The summed E-state index contributed by atoms with van der Waals surface area (Å²) >= 11 is 0. The molecule has 0 spiro atoms. The van der Waals surface area contributed by atoms with Crippen LogP contribution in [0, 0.1) is 5.41 Å². The second-order valence-corrected chi connectivity index (χ2v) is 5.32. The van der Waals surface area contributed by atoms with Crippen LogP contribution >= 0.6 is 0 Å². The van der Waals surface area contributed by atoms with Crippen LogP contribution in [0.1, 0.15) is 52.9 Å². The molecule has 0 radical (unpaired) electrons.